The lowest BCUT2D eigenvalue weighted by Crippen LogP contribution is -2.27. The Bertz CT molecular complexity index is 598. The summed E-state index contributed by atoms with van der Waals surface area (Å²) >= 11 is 0. The number of aromatic hydroxyl groups is 1. The van der Waals surface area contributed by atoms with Gasteiger partial charge in [0.1, 0.15) is 5.75 Å². The molecule has 4 heteroatoms. The second kappa shape index (κ2) is 4.72. The molecule has 1 aliphatic rings. The summed E-state index contributed by atoms with van der Waals surface area (Å²) in [5.41, 5.74) is 1.32. The molecule has 0 aliphatic heterocycles. The summed E-state index contributed by atoms with van der Waals surface area (Å²) in [5, 5.41) is 12.5. The highest BCUT2D eigenvalue weighted by atomic mass is 16.3. The molecule has 2 atom stereocenters. The van der Waals surface area contributed by atoms with Gasteiger partial charge < -0.3 is 10.4 Å². The minimum absolute atomic E-state index is 0.0845. The maximum Gasteiger partial charge on any atom is 0.273 e. The van der Waals surface area contributed by atoms with E-state index in [-0.39, 0.29) is 23.4 Å². The summed E-state index contributed by atoms with van der Waals surface area (Å²) in [6.45, 7) is 0. The number of amides is 1. The quantitative estimate of drug-likeness (QED) is 0.881. The zero-order valence-corrected chi connectivity index (χ0v) is 10.3. The van der Waals surface area contributed by atoms with Gasteiger partial charge in [-0.1, -0.05) is 30.3 Å². The summed E-state index contributed by atoms with van der Waals surface area (Å²) in [6.07, 6.45) is 2.43. The molecule has 0 radical (unpaired) electrons. The minimum Gasteiger partial charge on any atom is -0.505 e. The Balaban J connectivity index is 1.66. The number of carbonyl (C=O) groups excluding carboxylic acids is 1. The fraction of sp³-hybridized carbons (Fsp3) is 0.200. The molecule has 4 nitrogen and oxygen atoms in total. The van der Waals surface area contributed by atoms with Crippen LogP contribution < -0.4 is 5.32 Å². The third-order valence-electron chi connectivity index (χ3n) is 3.34. The van der Waals surface area contributed by atoms with E-state index >= 15 is 0 Å². The van der Waals surface area contributed by atoms with Crippen molar-refractivity contribution in [2.45, 2.75) is 18.4 Å². The Hall–Kier alpha value is -2.36. The standard InChI is InChI=1S/C15H14N2O2/c18-13-7-4-8-16-14(13)15(19)17-12-9-11(12)10-5-2-1-3-6-10/h1-8,11-12,18H,9H2,(H,17,19). The Kier molecular flexibility index (Phi) is 2.91. The molecule has 0 saturated heterocycles. The molecule has 1 fully saturated rings. The molecular formula is C15H14N2O2. The second-order valence-corrected chi connectivity index (χ2v) is 4.70. The van der Waals surface area contributed by atoms with Crippen molar-refractivity contribution in [3.8, 4) is 5.75 Å². The van der Waals surface area contributed by atoms with E-state index in [1.54, 1.807) is 6.07 Å². The lowest BCUT2D eigenvalue weighted by molar-refractivity contribution is 0.0942. The molecule has 1 amide bonds. The number of hydrogen-bond donors (Lipinski definition) is 2. The predicted octanol–water partition coefficient (Wildman–Crippen LogP) is 2.07. The van der Waals surface area contributed by atoms with Gasteiger partial charge in [-0.05, 0) is 24.1 Å². The molecule has 0 bridgehead atoms. The SMILES string of the molecule is O=C(NC1CC1c1ccccc1)c1ncccc1O. The molecule has 2 N–H and O–H groups in total. The van der Waals surface area contributed by atoms with Gasteiger partial charge >= 0.3 is 0 Å². The molecule has 1 aromatic carbocycles. The van der Waals surface area contributed by atoms with Crippen LogP contribution in [0.2, 0.25) is 0 Å². The van der Waals surface area contributed by atoms with Gasteiger partial charge in [0.05, 0.1) is 0 Å². The van der Waals surface area contributed by atoms with Gasteiger partial charge in [0.2, 0.25) is 0 Å². The van der Waals surface area contributed by atoms with Gasteiger partial charge in [0, 0.05) is 18.2 Å². The first-order valence-electron chi connectivity index (χ1n) is 6.25. The summed E-state index contributed by atoms with van der Waals surface area (Å²) in [4.78, 5) is 15.9. The van der Waals surface area contributed by atoms with Crippen LogP contribution in [0.5, 0.6) is 5.75 Å². The minimum atomic E-state index is -0.318. The third kappa shape index (κ3) is 2.42. The van der Waals surface area contributed by atoms with E-state index in [9.17, 15) is 9.90 Å². The van der Waals surface area contributed by atoms with Crippen LogP contribution in [0.4, 0.5) is 0 Å². The van der Waals surface area contributed by atoms with Gasteiger partial charge in [-0.15, -0.1) is 0 Å². The smallest absolute Gasteiger partial charge is 0.273 e. The number of nitrogens with zero attached hydrogens (tertiary/aromatic N) is 1. The number of carbonyl (C=O) groups is 1. The first-order chi connectivity index (χ1) is 9.25. The summed E-state index contributed by atoms with van der Waals surface area (Å²) in [7, 11) is 0. The van der Waals surface area contributed by atoms with Crippen molar-refractivity contribution >= 4 is 5.91 Å². The zero-order chi connectivity index (χ0) is 13.2. The van der Waals surface area contributed by atoms with Gasteiger partial charge in [-0.25, -0.2) is 4.98 Å². The molecule has 2 aromatic rings. The van der Waals surface area contributed by atoms with Crippen molar-refractivity contribution in [3.05, 3.63) is 59.9 Å². The van der Waals surface area contributed by atoms with Crippen molar-refractivity contribution in [3.63, 3.8) is 0 Å². The first-order valence-corrected chi connectivity index (χ1v) is 6.25. The van der Waals surface area contributed by atoms with Crippen LogP contribution in [-0.2, 0) is 0 Å². The van der Waals surface area contributed by atoms with Gasteiger partial charge in [0.15, 0.2) is 5.69 Å². The van der Waals surface area contributed by atoms with Crippen molar-refractivity contribution in [1.29, 1.82) is 0 Å². The Morgan fingerprint density at radius 1 is 1.21 bits per heavy atom. The maximum atomic E-state index is 12.0. The van der Waals surface area contributed by atoms with E-state index in [1.807, 2.05) is 18.2 Å². The number of aromatic nitrogens is 1. The third-order valence-corrected chi connectivity index (χ3v) is 3.34. The van der Waals surface area contributed by atoms with Crippen LogP contribution in [0.15, 0.2) is 48.7 Å². The highest BCUT2D eigenvalue weighted by molar-refractivity contribution is 5.95. The van der Waals surface area contributed by atoms with E-state index in [1.165, 1.54) is 17.8 Å². The van der Waals surface area contributed by atoms with E-state index in [0.29, 0.717) is 5.92 Å². The van der Waals surface area contributed by atoms with Gasteiger partial charge in [-0.3, -0.25) is 4.79 Å². The van der Waals surface area contributed by atoms with Crippen molar-refractivity contribution in [1.82, 2.24) is 10.3 Å². The summed E-state index contributed by atoms with van der Waals surface area (Å²) < 4.78 is 0. The Morgan fingerprint density at radius 2 is 2.00 bits per heavy atom. The van der Waals surface area contributed by atoms with E-state index in [2.05, 4.69) is 22.4 Å². The lowest BCUT2D eigenvalue weighted by Gasteiger charge is -2.05. The van der Waals surface area contributed by atoms with Crippen LogP contribution in [0.3, 0.4) is 0 Å². The zero-order valence-electron chi connectivity index (χ0n) is 10.3. The van der Waals surface area contributed by atoms with Gasteiger partial charge in [-0.2, -0.15) is 0 Å². The molecule has 1 saturated carbocycles. The Morgan fingerprint density at radius 3 is 2.74 bits per heavy atom. The normalized spacial score (nSPS) is 20.8. The van der Waals surface area contributed by atoms with Crippen LogP contribution in [0.25, 0.3) is 0 Å². The predicted molar refractivity (Wildman–Crippen MR) is 71.0 cm³/mol. The van der Waals surface area contributed by atoms with Crippen LogP contribution in [0, 0.1) is 0 Å². The van der Waals surface area contributed by atoms with Crippen molar-refractivity contribution in [2.24, 2.45) is 0 Å². The molecule has 19 heavy (non-hydrogen) atoms. The second-order valence-electron chi connectivity index (χ2n) is 4.70. The molecule has 0 spiro atoms. The Labute approximate surface area is 111 Å². The van der Waals surface area contributed by atoms with Gasteiger partial charge in [0.25, 0.3) is 5.91 Å². The first kappa shape index (κ1) is 11.7. The number of nitrogens with one attached hydrogen (secondary N) is 1. The van der Waals surface area contributed by atoms with E-state index in [4.69, 9.17) is 0 Å². The number of benzene rings is 1. The fourth-order valence-corrected chi connectivity index (χ4v) is 2.23. The molecule has 3 rings (SSSR count). The molecule has 1 heterocycles. The fourth-order valence-electron chi connectivity index (χ4n) is 2.23. The topological polar surface area (TPSA) is 62.2 Å². The summed E-state index contributed by atoms with van der Waals surface area (Å²) in [6, 6.07) is 13.3. The molecular weight excluding hydrogens is 240 g/mol. The number of rotatable bonds is 3. The number of hydrogen-bond acceptors (Lipinski definition) is 3. The molecule has 1 aliphatic carbocycles. The molecule has 1 aromatic heterocycles. The monoisotopic (exact) mass is 254 g/mol. The van der Waals surface area contributed by atoms with E-state index < -0.39 is 0 Å². The van der Waals surface area contributed by atoms with Crippen molar-refractivity contribution < 1.29 is 9.90 Å². The largest absolute Gasteiger partial charge is 0.505 e. The van der Waals surface area contributed by atoms with E-state index in [0.717, 1.165) is 6.42 Å². The maximum absolute atomic E-state index is 12.0. The van der Waals surface area contributed by atoms with Crippen LogP contribution in [-0.4, -0.2) is 22.0 Å². The lowest BCUT2D eigenvalue weighted by atomic mass is 10.1. The number of pyridine rings is 1. The average molecular weight is 254 g/mol. The highest BCUT2D eigenvalue weighted by Gasteiger charge is 2.39. The highest BCUT2D eigenvalue weighted by Crippen LogP contribution is 2.40. The average Bonchev–Trinajstić information content (AvgIpc) is 3.19. The molecule has 2 unspecified atom stereocenters. The van der Waals surface area contributed by atoms with Crippen LogP contribution >= 0.6 is 0 Å². The molecule has 96 valence electrons. The van der Waals surface area contributed by atoms with Crippen molar-refractivity contribution in [2.75, 3.05) is 0 Å². The van der Waals surface area contributed by atoms with Crippen LogP contribution in [0.1, 0.15) is 28.4 Å². The summed E-state index contributed by atoms with van der Waals surface area (Å²) in [5.74, 6) is -0.0329.